The van der Waals surface area contributed by atoms with E-state index in [0.717, 1.165) is 12.8 Å². The molecule has 18 heavy (non-hydrogen) atoms. The van der Waals surface area contributed by atoms with Crippen LogP contribution >= 0.6 is 0 Å². The summed E-state index contributed by atoms with van der Waals surface area (Å²) < 4.78 is 5.02. The molecule has 0 radical (unpaired) electrons. The monoisotopic (exact) mass is 260 g/mol. The van der Waals surface area contributed by atoms with Gasteiger partial charge < -0.3 is 20.5 Å². The SMILES string of the molecule is CCCC(COC)NC(=O)NC(CC)CC(=O)O. The molecule has 0 aliphatic rings. The highest BCUT2D eigenvalue weighted by Crippen LogP contribution is 2.00. The predicted molar refractivity (Wildman–Crippen MR) is 68.6 cm³/mol. The van der Waals surface area contributed by atoms with Crippen LogP contribution in [0, 0.1) is 0 Å². The predicted octanol–water partition coefficient (Wildman–Crippen LogP) is 1.35. The quantitative estimate of drug-likeness (QED) is 0.584. The van der Waals surface area contributed by atoms with Crippen molar-refractivity contribution in [2.45, 2.75) is 51.6 Å². The van der Waals surface area contributed by atoms with Gasteiger partial charge in [-0.2, -0.15) is 0 Å². The van der Waals surface area contributed by atoms with Crippen molar-refractivity contribution in [3.8, 4) is 0 Å². The summed E-state index contributed by atoms with van der Waals surface area (Å²) in [6.07, 6.45) is 2.30. The molecule has 0 saturated heterocycles. The molecule has 0 aromatic rings. The molecule has 0 heterocycles. The lowest BCUT2D eigenvalue weighted by molar-refractivity contribution is -0.137. The van der Waals surface area contributed by atoms with Gasteiger partial charge in [-0.3, -0.25) is 4.79 Å². The van der Waals surface area contributed by atoms with Crippen molar-refractivity contribution in [3.05, 3.63) is 0 Å². The van der Waals surface area contributed by atoms with Gasteiger partial charge in [-0.25, -0.2) is 4.79 Å². The normalized spacial score (nSPS) is 13.7. The van der Waals surface area contributed by atoms with Crippen molar-refractivity contribution >= 4 is 12.0 Å². The minimum atomic E-state index is -0.913. The number of carbonyl (C=O) groups excluding carboxylic acids is 1. The second-order valence-corrected chi connectivity index (χ2v) is 4.26. The number of carbonyl (C=O) groups is 2. The van der Waals surface area contributed by atoms with E-state index in [1.165, 1.54) is 0 Å². The Morgan fingerprint density at radius 2 is 1.83 bits per heavy atom. The van der Waals surface area contributed by atoms with Gasteiger partial charge in [0.25, 0.3) is 0 Å². The first-order valence-corrected chi connectivity index (χ1v) is 6.31. The van der Waals surface area contributed by atoms with Crippen molar-refractivity contribution < 1.29 is 19.4 Å². The molecule has 0 rings (SSSR count). The third-order valence-corrected chi connectivity index (χ3v) is 2.59. The number of carboxylic acids is 1. The molecule has 6 heteroatoms. The summed E-state index contributed by atoms with van der Waals surface area (Å²) in [7, 11) is 1.58. The first kappa shape index (κ1) is 16.7. The third kappa shape index (κ3) is 7.89. The van der Waals surface area contributed by atoms with Crippen LogP contribution in [0.5, 0.6) is 0 Å². The Balaban J connectivity index is 4.15. The summed E-state index contributed by atoms with van der Waals surface area (Å²) in [5, 5.41) is 14.1. The molecule has 6 nitrogen and oxygen atoms in total. The number of methoxy groups -OCH3 is 1. The molecule has 2 unspecified atom stereocenters. The standard InChI is InChI=1S/C12H24N2O4/c1-4-6-10(8-18-3)14-12(17)13-9(5-2)7-11(15)16/h9-10H,4-8H2,1-3H3,(H,15,16)(H2,13,14,17). The van der Waals surface area contributed by atoms with Crippen molar-refractivity contribution in [2.24, 2.45) is 0 Å². The van der Waals surface area contributed by atoms with Crippen LogP contribution in [0.1, 0.15) is 39.5 Å². The van der Waals surface area contributed by atoms with Crippen LogP contribution in [-0.2, 0) is 9.53 Å². The molecule has 0 bridgehead atoms. The Kier molecular flexibility index (Phi) is 9.00. The zero-order valence-corrected chi connectivity index (χ0v) is 11.4. The fraction of sp³-hybridized carbons (Fsp3) is 0.833. The molecule has 2 atom stereocenters. The molecule has 0 aromatic heterocycles. The highest BCUT2D eigenvalue weighted by molar-refractivity contribution is 5.76. The molecular weight excluding hydrogens is 236 g/mol. The molecule has 0 aliphatic carbocycles. The third-order valence-electron chi connectivity index (χ3n) is 2.59. The number of hydrogen-bond acceptors (Lipinski definition) is 3. The van der Waals surface area contributed by atoms with E-state index in [0.29, 0.717) is 13.0 Å². The van der Waals surface area contributed by atoms with E-state index in [1.807, 2.05) is 13.8 Å². The number of hydrogen-bond donors (Lipinski definition) is 3. The maximum Gasteiger partial charge on any atom is 0.315 e. The summed E-state index contributed by atoms with van der Waals surface area (Å²) in [5.74, 6) is -0.913. The largest absolute Gasteiger partial charge is 0.481 e. The Bertz CT molecular complexity index is 252. The van der Waals surface area contributed by atoms with Gasteiger partial charge in [0, 0.05) is 13.2 Å². The maximum atomic E-state index is 11.7. The zero-order valence-electron chi connectivity index (χ0n) is 11.4. The molecule has 3 N–H and O–H groups in total. The van der Waals surface area contributed by atoms with Gasteiger partial charge in [-0.1, -0.05) is 20.3 Å². The van der Waals surface area contributed by atoms with Gasteiger partial charge in [-0.05, 0) is 12.8 Å². The number of ether oxygens (including phenoxy) is 1. The fourth-order valence-corrected chi connectivity index (χ4v) is 1.67. The second-order valence-electron chi connectivity index (χ2n) is 4.26. The van der Waals surface area contributed by atoms with Gasteiger partial charge in [-0.15, -0.1) is 0 Å². The molecule has 2 amide bonds. The van der Waals surface area contributed by atoms with Crippen molar-refractivity contribution in [2.75, 3.05) is 13.7 Å². The molecule has 0 aromatic carbocycles. The molecular formula is C12H24N2O4. The number of aliphatic carboxylic acids is 1. The topological polar surface area (TPSA) is 87.7 Å². The Hall–Kier alpha value is -1.30. The summed E-state index contributed by atoms with van der Waals surface area (Å²) in [4.78, 5) is 22.3. The van der Waals surface area contributed by atoms with Crippen LogP contribution in [0.3, 0.4) is 0 Å². The molecule has 0 fully saturated rings. The lowest BCUT2D eigenvalue weighted by Gasteiger charge is -2.20. The number of nitrogens with one attached hydrogen (secondary N) is 2. The lowest BCUT2D eigenvalue weighted by atomic mass is 10.1. The zero-order chi connectivity index (χ0) is 14.0. The van der Waals surface area contributed by atoms with E-state index < -0.39 is 5.97 Å². The smallest absolute Gasteiger partial charge is 0.315 e. The van der Waals surface area contributed by atoms with Gasteiger partial charge in [0.05, 0.1) is 19.1 Å². The average Bonchev–Trinajstić information content (AvgIpc) is 2.28. The summed E-state index contributed by atoms with van der Waals surface area (Å²) in [6, 6.07) is -0.715. The number of urea groups is 1. The summed E-state index contributed by atoms with van der Waals surface area (Å²) in [6.45, 7) is 4.32. The first-order valence-electron chi connectivity index (χ1n) is 6.31. The fourth-order valence-electron chi connectivity index (χ4n) is 1.67. The number of rotatable bonds is 9. The van der Waals surface area contributed by atoms with E-state index >= 15 is 0 Å². The Morgan fingerprint density at radius 3 is 2.28 bits per heavy atom. The highest BCUT2D eigenvalue weighted by atomic mass is 16.5. The van der Waals surface area contributed by atoms with Crippen molar-refractivity contribution in [1.29, 1.82) is 0 Å². The van der Waals surface area contributed by atoms with Gasteiger partial charge in [0.2, 0.25) is 0 Å². The number of amides is 2. The molecule has 106 valence electrons. The summed E-state index contributed by atoms with van der Waals surface area (Å²) in [5.41, 5.74) is 0. The first-order chi connectivity index (χ1) is 8.53. The van der Waals surface area contributed by atoms with E-state index in [1.54, 1.807) is 7.11 Å². The van der Waals surface area contributed by atoms with Crippen LogP contribution in [0.2, 0.25) is 0 Å². The van der Waals surface area contributed by atoms with Crippen LogP contribution in [0.4, 0.5) is 4.79 Å². The molecule has 0 spiro atoms. The van der Waals surface area contributed by atoms with Gasteiger partial charge in [0.15, 0.2) is 0 Å². The molecule has 0 saturated carbocycles. The average molecular weight is 260 g/mol. The van der Waals surface area contributed by atoms with Crippen LogP contribution in [0.25, 0.3) is 0 Å². The van der Waals surface area contributed by atoms with E-state index in [2.05, 4.69) is 10.6 Å². The minimum Gasteiger partial charge on any atom is -0.481 e. The van der Waals surface area contributed by atoms with Crippen molar-refractivity contribution in [3.63, 3.8) is 0 Å². The van der Waals surface area contributed by atoms with Crippen molar-refractivity contribution in [1.82, 2.24) is 10.6 Å². The lowest BCUT2D eigenvalue weighted by Crippen LogP contribution is -2.48. The van der Waals surface area contributed by atoms with E-state index in [4.69, 9.17) is 9.84 Å². The van der Waals surface area contributed by atoms with Crippen LogP contribution < -0.4 is 10.6 Å². The van der Waals surface area contributed by atoms with Gasteiger partial charge in [0.1, 0.15) is 0 Å². The maximum absolute atomic E-state index is 11.7. The Labute approximate surface area is 108 Å². The minimum absolute atomic E-state index is 0.0395. The van der Waals surface area contributed by atoms with E-state index in [-0.39, 0.29) is 24.5 Å². The number of carboxylic acid groups (broad SMARTS) is 1. The van der Waals surface area contributed by atoms with Gasteiger partial charge >= 0.3 is 12.0 Å². The summed E-state index contributed by atoms with van der Waals surface area (Å²) >= 11 is 0. The second kappa shape index (κ2) is 9.70. The highest BCUT2D eigenvalue weighted by Gasteiger charge is 2.16. The Morgan fingerprint density at radius 1 is 1.22 bits per heavy atom. The molecule has 0 aliphatic heterocycles. The van der Waals surface area contributed by atoms with Crippen LogP contribution in [-0.4, -0.2) is 42.9 Å². The van der Waals surface area contributed by atoms with Crippen LogP contribution in [0.15, 0.2) is 0 Å². The van der Waals surface area contributed by atoms with E-state index in [9.17, 15) is 9.59 Å².